The van der Waals surface area contributed by atoms with E-state index >= 15 is 0 Å². The number of ether oxygens (including phenoxy) is 1. The van der Waals surface area contributed by atoms with E-state index in [-0.39, 0.29) is 10.6 Å². The molecule has 0 spiro atoms. The van der Waals surface area contributed by atoms with E-state index in [9.17, 15) is 10.1 Å². The number of hydrogen-bond donors (Lipinski definition) is 1. The summed E-state index contributed by atoms with van der Waals surface area (Å²) >= 11 is 1.87. The maximum atomic E-state index is 11.2. The lowest BCUT2D eigenvalue weighted by Gasteiger charge is -2.14. The number of hydrogen-bond acceptors (Lipinski definition) is 5. The van der Waals surface area contributed by atoms with Gasteiger partial charge in [-0.15, -0.1) is 0 Å². The van der Waals surface area contributed by atoms with E-state index in [1.54, 1.807) is 18.2 Å². The van der Waals surface area contributed by atoms with Crippen LogP contribution in [0.25, 0.3) is 0 Å². The molecule has 0 aliphatic carbocycles. The third-order valence-electron chi connectivity index (χ3n) is 2.77. The van der Waals surface area contributed by atoms with Gasteiger partial charge in [0.2, 0.25) is 0 Å². The minimum atomic E-state index is -0.380. The third-order valence-corrected chi connectivity index (χ3v) is 3.93. The van der Waals surface area contributed by atoms with Crippen LogP contribution in [0.15, 0.2) is 18.2 Å². The van der Waals surface area contributed by atoms with Crippen LogP contribution in [0.1, 0.15) is 13.3 Å². The highest BCUT2D eigenvalue weighted by Crippen LogP contribution is 2.36. The molecule has 1 aliphatic heterocycles. The first kappa shape index (κ1) is 13.0. The van der Waals surface area contributed by atoms with Crippen molar-refractivity contribution >= 4 is 23.1 Å². The SMILES string of the molecule is CCOc1cccc(NC2CCSC2)c1[N+](=O)[O-]. The van der Waals surface area contributed by atoms with Gasteiger partial charge in [0.25, 0.3) is 0 Å². The first-order valence-electron chi connectivity index (χ1n) is 5.97. The topological polar surface area (TPSA) is 64.4 Å². The van der Waals surface area contributed by atoms with E-state index in [1.807, 2.05) is 18.7 Å². The monoisotopic (exact) mass is 268 g/mol. The second kappa shape index (κ2) is 5.95. The predicted octanol–water partition coefficient (Wildman–Crippen LogP) is 2.91. The lowest BCUT2D eigenvalue weighted by molar-refractivity contribution is -0.385. The fourth-order valence-electron chi connectivity index (χ4n) is 1.97. The Labute approximate surface area is 110 Å². The van der Waals surface area contributed by atoms with Crippen LogP contribution in [0, 0.1) is 10.1 Å². The van der Waals surface area contributed by atoms with Crippen LogP contribution in [-0.4, -0.2) is 29.1 Å². The predicted molar refractivity (Wildman–Crippen MR) is 73.6 cm³/mol. The smallest absolute Gasteiger partial charge is 0.333 e. The van der Waals surface area contributed by atoms with Gasteiger partial charge in [0.05, 0.1) is 11.5 Å². The molecule has 2 rings (SSSR count). The lowest BCUT2D eigenvalue weighted by Crippen LogP contribution is -2.19. The summed E-state index contributed by atoms with van der Waals surface area (Å²) in [6, 6.07) is 5.47. The molecule has 1 N–H and O–H groups in total. The van der Waals surface area contributed by atoms with Crippen LogP contribution < -0.4 is 10.1 Å². The normalized spacial score (nSPS) is 18.6. The van der Waals surface area contributed by atoms with Crippen molar-refractivity contribution in [3.63, 3.8) is 0 Å². The molecule has 6 heteroatoms. The van der Waals surface area contributed by atoms with Crippen molar-refractivity contribution in [3.05, 3.63) is 28.3 Å². The molecule has 1 saturated heterocycles. The molecule has 0 amide bonds. The highest BCUT2D eigenvalue weighted by atomic mass is 32.2. The lowest BCUT2D eigenvalue weighted by atomic mass is 10.2. The molecule has 0 aromatic heterocycles. The Morgan fingerprint density at radius 1 is 1.61 bits per heavy atom. The van der Waals surface area contributed by atoms with Crippen LogP contribution in [0.4, 0.5) is 11.4 Å². The number of nitrogens with one attached hydrogen (secondary N) is 1. The zero-order valence-electron chi connectivity index (χ0n) is 10.2. The number of nitrogens with zero attached hydrogens (tertiary/aromatic N) is 1. The zero-order valence-corrected chi connectivity index (χ0v) is 11.0. The standard InChI is InChI=1S/C12H16N2O3S/c1-2-17-11-5-3-4-10(12(11)14(15)16)13-9-6-7-18-8-9/h3-5,9,13H,2,6-8H2,1H3. The van der Waals surface area contributed by atoms with E-state index in [1.165, 1.54) is 0 Å². The minimum Gasteiger partial charge on any atom is -0.487 e. The first-order chi connectivity index (χ1) is 8.72. The van der Waals surface area contributed by atoms with Gasteiger partial charge < -0.3 is 10.1 Å². The molecular formula is C12H16N2O3S. The summed E-state index contributed by atoms with van der Waals surface area (Å²) in [7, 11) is 0. The van der Waals surface area contributed by atoms with Crippen molar-refractivity contribution in [1.29, 1.82) is 0 Å². The summed E-state index contributed by atoms with van der Waals surface area (Å²) in [6.07, 6.45) is 1.04. The number of benzene rings is 1. The van der Waals surface area contributed by atoms with Crippen molar-refractivity contribution in [2.45, 2.75) is 19.4 Å². The molecule has 1 aliphatic rings. The zero-order chi connectivity index (χ0) is 13.0. The van der Waals surface area contributed by atoms with Gasteiger partial charge >= 0.3 is 5.69 Å². The maximum Gasteiger partial charge on any atom is 0.333 e. The van der Waals surface area contributed by atoms with Crippen LogP contribution in [0.2, 0.25) is 0 Å². The van der Waals surface area contributed by atoms with E-state index in [0.717, 1.165) is 17.9 Å². The van der Waals surface area contributed by atoms with E-state index in [4.69, 9.17) is 4.74 Å². The fraction of sp³-hybridized carbons (Fsp3) is 0.500. The quantitative estimate of drug-likeness (QED) is 0.657. The average Bonchev–Trinajstić information content (AvgIpc) is 2.82. The van der Waals surface area contributed by atoms with E-state index < -0.39 is 0 Å². The van der Waals surface area contributed by atoms with Crippen molar-refractivity contribution in [2.75, 3.05) is 23.4 Å². The van der Waals surface area contributed by atoms with Gasteiger partial charge in [-0.3, -0.25) is 10.1 Å². The van der Waals surface area contributed by atoms with Gasteiger partial charge in [0.1, 0.15) is 5.69 Å². The van der Waals surface area contributed by atoms with Gasteiger partial charge in [-0.25, -0.2) is 0 Å². The van der Waals surface area contributed by atoms with Crippen molar-refractivity contribution in [1.82, 2.24) is 0 Å². The van der Waals surface area contributed by atoms with Crippen LogP contribution in [0.3, 0.4) is 0 Å². The largest absolute Gasteiger partial charge is 0.487 e. The summed E-state index contributed by atoms with van der Waals surface area (Å²) < 4.78 is 5.32. The summed E-state index contributed by atoms with van der Waals surface area (Å²) in [5, 5.41) is 14.4. The minimum absolute atomic E-state index is 0.0382. The molecule has 5 nitrogen and oxygen atoms in total. The van der Waals surface area contributed by atoms with Gasteiger partial charge in [-0.2, -0.15) is 11.8 Å². The Bertz CT molecular complexity index is 433. The molecule has 0 radical (unpaired) electrons. The third kappa shape index (κ3) is 2.87. The number of nitro groups is 1. The molecule has 1 unspecified atom stereocenters. The summed E-state index contributed by atoms with van der Waals surface area (Å²) in [5.41, 5.74) is 0.592. The number of anilines is 1. The molecule has 1 heterocycles. The molecule has 0 saturated carbocycles. The molecule has 18 heavy (non-hydrogen) atoms. The number of rotatable bonds is 5. The Kier molecular flexibility index (Phi) is 4.30. The fourth-order valence-corrected chi connectivity index (χ4v) is 3.12. The summed E-state index contributed by atoms with van der Waals surface area (Å²) in [6.45, 7) is 2.24. The van der Waals surface area contributed by atoms with Crippen LogP contribution >= 0.6 is 11.8 Å². The summed E-state index contributed by atoms with van der Waals surface area (Å²) in [4.78, 5) is 10.8. The van der Waals surface area contributed by atoms with E-state index in [0.29, 0.717) is 24.1 Å². The molecule has 1 aromatic rings. The van der Waals surface area contributed by atoms with Crippen molar-refractivity contribution < 1.29 is 9.66 Å². The number of nitro benzene ring substituents is 1. The molecule has 98 valence electrons. The highest BCUT2D eigenvalue weighted by Gasteiger charge is 2.24. The van der Waals surface area contributed by atoms with E-state index in [2.05, 4.69) is 5.32 Å². The van der Waals surface area contributed by atoms with Gasteiger partial charge in [-0.1, -0.05) is 6.07 Å². The van der Waals surface area contributed by atoms with Gasteiger partial charge in [0.15, 0.2) is 5.75 Å². The maximum absolute atomic E-state index is 11.2. The van der Waals surface area contributed by atoms with Crippen LogP contribution in [-0.2, 0) is 0 Å². The average molecular weight is 268 g/mol. The molecule has 0 bridgehead atoms. The second-order valence-corrected chi connectivity index (χ2v) is 5.20. The number of thioether (sulfide) groups is 1. The summed E-state index contributed by atoms with van der Waals surface area (Å²) in [5.74, 6) is 2.44. The Morgan fingerprint density at radius 2 is 2.44 bits per heavy atom. The Morgan fingerprint density at radius 3 is 3.06 bits per heavy atom. The molecule has 1 atom stereocenters. The van der Waals surface area contributed by atoms with Gasteiger partial charge in [-0.05, 0) is 31.2 Å². The second-order valence-electron chi connectivity index (χ2n) is 4.05. The highest BCUT2D eigenvalue weighted by molar-refractivity contribution is 7.99. The molecule has 1 aromatic carbocycles. The van der Waals surface area contributed by atoms with Crippen LogP contribution in [0.5, 0.6) is 5.75 Å². The number of para-hydroxylation sites is 1. The van der Waals surface area contributed by atoms with Crippen molar-refractivity contribution in [2.24, 2.45) is 0 Å². The van der Waals surface area contributed by atoms with Gasteiger partial charge in [0, 0.05) is 11.8 Å². The molecule has 1 fully saturated rings. The van der Waals surface area contributed by atoms with Crippen molar-refractivity contribution in [3.8, 4) is 5.75 Å². The Hall–Kier alpha value is -1.43. The Balaban J connectivity index is 2.26. The first-order valence-corrected chi connectivity index (χ1v) is 7.12. The molecular weight excluding hydrogens is 252 g/mol.